The van der Waals surface area contributed by atoms with E-state index in [1.165, 1.54) is 25.7 Å². The summed E-state index contributed by atoms with van der Waals surface area (Å²) < 4.78 is 2.11. The SMILES string of the molecule is CCCn1cncc1C(O)C1CCCC(CC)C1. The third-order valence-electron chi connectivity index (χ3n) is 4.36. The van der Waals surface area contributed by atoms with E-state index in [9.17, 15) is 5.11 Å². The summed E-state index contributed by atoms with van der Waals surface area (Å²) in [5, 5.41) is 10.6. The molecule has 1 fully saturated rings. The Labute approximate surface area is 110 Å². The van der Waals surface area contributed by atoms with Gasteiger partial charge in [-0.2, -0.15) is 0 Å². The second-order valence-corrected chi connectivity index (χ2v) is 5.66. The molecule has 1 N–H and O–H groups in total. The Bertz CT molecular complexity index is 361. The minimum absolute atomic E-state index is 0.326. The summed E-state index contributed by atoms with van der Waals surface area (Å²) in [6.45, 7) is 5.38. The molecule has 0 aromatic carbocycles. The maximum atomic E-state index is 10.6. The first-order valence-electron chi connectivity index (χ1n) is 7.44. The molecule has 0 amide bonds. The third-order valence-corrected chi connectivity index (χ3v) is 4.36. The normalized spacial score (nSPS) is 26.2. The smallest absolute Gasteiger partial charge is 0.0983 e. The van der Waals surface area contributed by atoms with Crippen LogP contribution in [0.2, 0.25) is 0 Å². The van der Waals surface area contributed by atoms with Crippen LogP contribution in [0.3, 0.4) is 0 Å². The van der Waals surface area contributed by atoms with Crippen LogP contribution in [-0.4, -0.2) is 14.7 Å². The molecule has 3 unspecified atom stereocenters. The second-order valence-electron chi connectivity index (χ2n) is 5.66. The summed E-state index contributed by atoms with van der Waals surface area (Å²) >= 11 is 0. The topological polar surface area (TPSA) is 38.0 Å². The van der Waals surface area contributed by atoms with Crippen LogP contribution in [-0.2, 0) is 6.54 Å². The molecule has 1 aromatic rings. The first-order chi connectivity index (χ1) is 8.76. The van der Waals surface area contributed by atoms with Gasteiger partial charge in [0.05, 0.1) is 24.3 Å². The fraction of sp³-hybridized carbons (Fsp3) is 0.800. The number of aromatic nitrogens is 2. The highest BCUT2D eigenvalue weighted by molar-refractivity contribution is 5.05. The summed E-state index contributed by atoms with van der Waals surface area (Å²) in [4.78, 5) is 4.20. The summed E-state index contributed by atoms with van der Waals surface area (Å²) in [7, 11) is 0. The molecule has 2 rings (SSSR count). The van der Waals surface area contributed by atoms with Gasteiger partial charge in [-0.25, -0.2) is 4.98 Å². The maximum absolute atomic E-state index is 10.6. The Morgan fingerprint density at radius 2 is 2.28 bits per heavy atom. The Kier molecular flexibility index (Phi) is 4.81. The Hall–Kier alpha value is -0.830. The van der Waals surface area contributed by atoms with E-state index >= 15 is 0 Å². The molecule has 0 saturated heterocycles. The lowest BCUT2D eigenvalue weighted by Gasteiger charge is -2.32. The van der Waals surface area contributed by atoms with E-state index in [1.807, 2.05) is 12.5 Å². The summed E-state index contributed by atoms with van der Waals surface area (Å²) in [6.07, 6.45) is 10.6. The van der Waals surface area contributed by atoms with Crippen molar-refractivity contribution in [2.45, 2.75) is 65.0 Å². The lowest BCUT2D eigenvalue weighted by Crippen LogP contribution is -2.23. The second kappa shape index (κ2) is 6.37. The molecule has 0 aliphatic heterocycles. The number of aryl methyl sites for hydroxylation is 1. The van der Waals surface area contributed by atoms with Crippen LogP contribution in [0, 0.1) is 11.8 Å². The van der Waals surface area contributed by atoms with E-state index in [2.05, 4.69) is 23.4 Å². The van der Waals surface area contributed by atoms with E-state index in [0.29, 0.717) is 5.92 Å². The van der Waals surface area contributed by atoms with Gasteiger partial charge < -0.3 is 9.67 Å². The number of aliphatic hydroxyl groups is 1. The first kappa shape index (κ1) is 13.6. The van der Waals surface area contributed by atoms with E-state index < -0.39 is 0 Å². The molecule has 1 aliphatic carbocycles. The average molecular weight is 250 g/mol. The van der Waals surface area contributed by atoms with E-state index in [0.717, 1.165) is 31.0 Å². The van der Waals surface area contributed by atoms with Crippen LogP contribution in [0.25, 0.3) is 0 Å². The predicted octanol–water partition coefficient (Wildman–Crippen LogP) is 3.54. The van der Waals surface area contributed by atoms with Crippen molar-refractivity contribution in [2.75, 3.05) is 0 Å². The Morgan fingerprint density at radius 1 is 1.44 bits per heavy atom. The van der Waals surface area contributed by atoms with Gasteiger partial charge in [0.15, 0.2) is 0 Å². The Morgan fingerprint density at radius 3 is 3.00 bits per heavy atom. The molecule has 1 aromatic heterocycles. The summed E-state index contributed by atoms with van der Waals surface area (Å²) in [5.41, 5.74) is 1.01. The quantitative estimate of drug-likeness (QED) is 0.868. The number of nitrogens with zero attached hydrogens (tertiary/aromatic N) is 2. The zero-order chi connectivity index (χ0) is 13.0. The predicted molar refractivity (Wildman–Crippen MR) is 73.2 cm³/mol. The highest BCUT2D eigenvalue weighted by Gasteiger charge is 2.29. The van der Waals surface area contributed by atoms with Crippen molar-refractivity contribution in [3.63, 3.8) is 0 Å². The van der Waals surface area contributed by atoms with Gasteiger partial charge in [-0.15, -0.1) is 0 Å². The molecule has 3 atom stereocenters. The van der Waals surface area contributed by atoms with Gasteiger partial charge in [-0.1, -0.05) is 33.1 Å². The van der Waals surface area contributed by atoms with Gasteiger partial charge in [-0.3, -0.25) is 0 Å². The number of rotatable bonds is 5. The zero-order valence-corrected chi connectivity index (χ0v) is 11.7. The minimum Gasteiger partial charge on any atom is -0.387 e. The molecule has 0 radical (unpaired) electrons. The molecule has 0 bridgehead atoms. The molecule has 102 valence electrons. The van der Waals surface area contributed by atoms with Crippen LogP contribution in [0.15, 0.2) is 12.5 Å². The number of imidazole rings is 1. The lowest BCUT2D eigenvalue weighted by molar-refractivity contribution is 0.0616. The molecular weight excluding hydrogens is 224 g/mol. The third kappa shape index (κ3) is 2.94. The zero-order valence-electron chi connectivity index (χ0n) is 11.7. The van der Waals surface area contributed by atoms with Crippen molar-refractivity contribution in [2.24, 2.45) is 11.8 Å². The molecule has 1 heterocycles. The van der Waals surface area contributed by atoms with Gasteiger partial charge in [0.1, 0.15) is 0 Å². The van der Waals surface area contributed by atoms with Crippen molar-refractivity contribution < 1.29 is 5.11 Å². The largest absolute Gasteiger partial charge is 0.387 e. The van der Waals surface area contributed by atoms with Crippen LogP contribution >= 0.6 is 0 Å². The van der Waals surface area contributed by atoms with Gasteiger partial charge in [-0.05, 0) is 31.1 Å². The molecule has 3 heteroatoms. The van der Waals surface area contributed by atoms with E-state index in [4.69, 9.17) is 0 Å². The molecule has 0 spiro atoms. The highest BCUT2D eigenvalue weighted by Crippen LogP contribution is 2.38. The van der Waals surface area contributed by atoms with Gasteiger partial charge in [0.2, 0.25) is 0 Å². The van der Waals surface area contributed by atoms with Gasteiger partial charge in [0, 0.05) is 6.54 Å². The van der Waals surface area contributed by atoms with Gasteiger partial charge in [0.25, 0.3) is 0 Å². The summed E-state index contributed by atoms with van der Waals surface area (Å²) in [6, 6.07) is 0. The monoisotopic (exact) mass is 250 g/mol. The number of aliphatic hydroxyl groups excluding tert-OH is 1. The number of hydrogen-bond donors (Lipinski definition) is 1. The van der Waals surface area contributed by atoms with Crippen LogP contribution in [0.5, 0.6) is 0 Å². The van der Waals surface area contributed by atoms with Crippen molar-refractivity contribution in [3.05, 3.63) is 18.2 Å². The Balaban J connectivity index is 2.05. The van der Waals surface area contributed by atoms with Crippen LogP contribution in [0.4, 0.5) is 0 Å². The van der Waals surface area contributed by atoms with E-state index in [-0.39, 0.29) is 6.10 Å². The molecule has 18 heavy (non-hydrogen) atoms. The fourth-order valence-electron chi connectivity index (χ4n) is 3.24. The lowest BCUT2D eigenvalue weighted by atomic mass is 9.77. The maximum Gasteiger partial charge on any atom is 0.0983 e. The van der Waals surface area contributed by atoms with Crippen LogP contribution in [0.1, 0.15) is 64.2 Å². The first-order valence-corrected chi connectivity index (χ1v) is 7.44. The molecule has 3 nitrogen and oxygen atoms in total. The van der Waals surface area contributed by atoms with Crippen molar-refractivity contribution in [1.29, 1.82) is 0 Å². The van der Waals surface area contributed by atoms with Gasteiger partial charge >= 0.3 is 0 Å². The molecule has 1 aliphatic rings. The molecular formula is C15H26N2O. The van der Waals surface area contributed by atoms with Crippen molar-refractivity contribution in [1.82, 2.24) is 9.55 Å². The standard InChI is InChI=1S/C15H26N2O/c1-3-8-17-11-16-10-14(17)15(18)13-7-5-6-12(4-2)9-13/h10-13,15,18H,3-9H2,1-2H3. The fourth-order valence-corrected chi connectivity index (χ4v) is 3.24. The van der Waals surface area contributed by atoms with E-state index in [1.54, 1.807) is 0 Å². The van der Waals surface area contributed by atoms with Crippen molar-refractivity contribution in [3.8, 4) is 0 Å². The number of hydrogen-bond acceptors (Lipinski definition) is 2. The van der Waals surface area contributed by atoms with Crippen molar-refractivity contribution >= 4 is 0 Å². The summed E-state index contributed by atoms with van der Waals surface area (Å²) in [5.74, 6) is 1.23. The van der Waals surface area contributed by atoms with Crippen LogP contribution < -0.4 is 0 Å². The minimum atomic E-state index is -0.326. The average Bonchev–Trinajstić information content (AvgIpc) is 2.86. The highest BCUT2D eigenvalue weighted by atomic mass is 16.3. The molecule has 1 saturated carbocycles.